The summed E-state index contributed by atoms with van der Waals surface area (Å²) in [6.07, 6.45) is 2.04. The number of hydrogen-bond acceptors (Lipinski definition) is 18. The van der Waals surface area contributed by atoms with Crippen molar-refractivity contribution in [3.05, 3.63) is 65.5 Å². The molecule has 1 atom stereocenters. The number of anilines is 1. The highest BCUT2D eigenvalue weighted by atomic mass is 32.2. The number of carbonyl (C=O) groups excluding carboxylic acids is 3. The standard InChI is InChI=1S/C49H69N4O16PS2/c1-48(2,3)66-44(54)14-10-9-12-26-63-70(58,64-27-13-11-21-50-47(56)67-49(4,5)6)37-17-20-38(46(55)53-22-28-62-29-23-53)41(34-37)45-39-18-15-35(51(7)24-30-71-69-68-57)32-42(39)65-43-33-36(16-19-40(43)45)52(8)25-31-72(59,60)61/h15-20,32-34H,9-14,21-31H2,1-8H3,(H2-,50,56,57,59,60,61)/p-1. The molecule has 398 valence electrons. The molecule has 72 heavy (non-hydrogen) atoms. The molecule has 1 aliphatic carbocycles. The average Bonchev–Trinajstić information content (AvgIpc) is 3.31. The Hall–Kier alpha value is -4.61. The molecule has 1 N–H and O–H groups in total. The van der Waals surface area contributed by atoms with Crippen LogP contribution in [-0.4, -0.2) is 132 Å². The molecule has 1 saturated heterocycles. The van der Waals surface area contributed by atoms with Crippen molar-refractivity contribution in [1.82, 2.24) is 14.8 Å². The maximum absolute atomic E-state index is 15.4. The second-order valence-electron chi connectivity index (χ2n) is 19.2. The molecule has 1 unspecified atom stereocenters. The zero-order valence-corrected chi connectivity index (χ0v) is 44.9. The smallest absolute Gasteiger partial charge is 0.407 e. The Morgan fingerprint density at radius 1 is 0.889 bits per heavy atom. The van der Waals surface area contributed by atoms with E-state index in [1.807, 2.05) is 30.1 Å². The summed E-state index contributed by atoms with van der Waals surface area (Å²) in [5.74, 6) is -0.509. The minimum Gasteiger partial charge on any atom is -0.748 e. The number of nitrogens with zero attached hydrogens (tertiary/aromatic N) is 3. The Morgan fingerprint density at radius 3 is 2.25 bits per heavy atom. The van der Waals surface area contributed by atoms with E-state index >= 15 is 4.57 Å². The van der Waals surface area contributed by atoms with Crippen LogP contribution in [0.1, 0.15) is 90.4 Å². The Bertz CT molecular complexity index is 2630. The van der Waals surface area contributed by atoms with E-state index in [9.17, 15) is 32.6 Å². The van der Waals surface area contributed by atoms with E-state index in [4.69, 9.17) is 27.7 Å². The van der Waals surface area contributed by atoms with E-state index in [-0.39, 0.29) is 55.5 Å². The van der Waals surface area contributed by atoms with E-state index in [0.29, 0.717) is 109 Å². The number of hydrogen-bond donors (Lipinski definition) is 1. The minimum atomic E-state index is -4.52. The molecule has 0 aromatic heterocycles. The fourth-order valence-corrected chi connectivity index (χ4v) is 10.2. The van der Waals surface area contributed by atoms with Crippen LogP contribution in [0.5, 0.6) is 0 Å². The summed E-state index contributed by atoms with van der Waals surface area (Å²) in [4.78, 5) is 43.0. The van der Waals surface area contributed by atoms with Crippen LogP contribution in [0.15, 0.2) is 59.0 Å². The number of esters is 1. The van der Waals surface area contributed by atoms with Gasteiger partial charge in [0.15, 0.2) is 6.54 Å². The molecule has 2 aliphatic heterocycles. The van der Waals surface area contributed by atoms with Crippen molar-refractivity contribution in [3.63, 3.8) is 0 Å². The Morgan fingerprint density at radius 2 is 1.58 bits per heavy atom. The maximum atomic E-state index is 15.4. The zero-order chi connectivity index (χ0) is 52.7. The van der Waals surface area contributed by atoms with Gasteiger partial charge < -0.3 is 52.6 Å². The van der Waals surface area contributed by atoms with E-state index in [1.165, 1.54) is 0 Å². The third-order valence-electron chi connectivity index (χ3n) is 11.2. The summed E-state index contributed by atoms with van der Waals surface area (Å²) in [5.41, 5.74) is 1.63. The molecule has 2 aromatic carbocycles. The maximum Gasteiger partial charge on any atom is 0.407 e. The van der Waals surface area contributed by atoms with Gasteiger partial charge in [0.2, 0.25) is 5.36 Å². The van der Waals surface area contributed by atoms with Crippen LogP contribution in [0.4, 0.5) is 10.5 Å². The van der Waals surface area contributed by atoms with Gasteiger partial charge in [-0.1, -0.05) is 6.42 Å². The second kappa shape index (κ2) is 26.6. The molecule has 5 rings (SSSR count). The molecule has 0 radical (unpaired) electrons. The van der Waals surface area contributed by atoms with Crippen LogP contribution in [0.2, 0.25) is 0 Å². The Kier molecular flexibility index (Phi) is 21.5. The van der Waals surface area contributed by atoms with Gasteiger partial charge in [0.05, 0.1) is 43.6 Å². The lowest BCUT2D eigenvalue weighted by Gasteiger charge is -2.28. The Labute approximate surface area is 425 Å². The number of morpholine rings is 1. The molecule has 0 spiro atoms. The van der Waals surface area contributed by atoms with Gasteiger partial charge in [0.1, 0.15) is 39.7 Å². The lowest BCUT2D eigenvalue weighted by molar-refractivity contribution is -0.777. The number of ether oxygens (including phenoxy) is 3. The highest BCUT2D eigenvalue weighted by Crippen LogP contribution is 2.50. The predicted octanol–water partition coefficient (Wildman–Crippen LogP) is 5.99. The topological polar surface area (TPSA) is 248 Å². The number of unbranched alkanes of at least 4 members (excludes halogenated alkanes) is 3. The fourth-order valence-electron chi connectivity index (χ4n) is 7.63. The molecular formula is C49H68N4O16PS2-. The first kappa shape index (κ1) is 58.3. The van der Waals surface area contributed by atoms with Crippen molar-refractivity contribution in [2.45, 2.75) is 91.3 Å². The number of fused-ring (bicyclic) bond motifs is 2. The lowest BCUT2D eigenvalue weighted by atomic mass is 9.90. The van der Waals surface area contributed by atoms with Gasteiger partial charge in [0, 0.05) is 97.3 Å². The largest absolute Gasteiger partial charge is 0.748 e. The van der Waals surface area contributed by atoms with E-state index in [1.54, 1.807) is 94.5 Å². The van der Waals surface area contributed by atoms with Gasteiger partial charge in [-0.3, -0.25) is 19.2 Å². The monoisotopic (exact) mass is 1060 g/mol. The highest BCUT2D eigenvalue weighted by Gasteiger charge is 2.33. The summed E-state index contributed by atoms with van der Waals surface area (Å²) in [6, 6.07) is 15.7. The van der Waals surface area contributed by atoms with Crippen molar-refractivity contribution < 1.29 is 74.2 Å². The molecule has 2 amide bonds. The van der Waals surface area contributed by atoms with E-state index in [0.717, 1.165) is 17.7 Å². The molecule has 2 heterocycles. The fraction of sp³-hybridized carbons (Fsp3) is 0.551. The van der Waals surface area contributed by atoms with Crippen molar-refractivity contribution in [2.24, 2.45) is 0 Å². The first-order chi connectivity index (χ1) is 34.0. The van der Waals surface area contributed by atoms with Crippen molar-refractivity contribution in [2.75, 3.05) is 89.7 Å². The highest BCUT2D eigenvalue weighted by molar-refractivity contribution is 7.94. The van der Waals surface area contributed by atoms with Gasteiger partial charge in [-0.2, -0.15) is 4.33 Å². The predicted molar refractivity (Wildman–Crippen MR) is 270 cm³/mol. The van der Waals surface area contributed by atoms with Gasteiger partial charge in [0.25, 0.3) is 5.91 Å². The van der Waals surface area contributed by atoms with Gasteiger partial charge in [-0.15, -0.1) is 0 Å². The van der Waals surface area contributed by atoms with Crippen LogP contribution >= 0.6 is 19.6 Å². The third-order valence-corrected chi connectivity index (χ3v) is 14.3. The van der Waals surface area contributed by atoms with Gasteiger partial charge >= 0.3 is 19.7 Å². The second-order valence-corrected chi connectivity index (χ2v) is 23.6. The van der Waals surface area contributed by atoms with Crippen molar-refractivity contribution >= 4 is 69.7 Å². The van der Waals surface area contributed by atoms with Crippen LogP contribution in [-0.2, 0) is 52.1 Å². The Balaban J connectivity index is 1.63. The number of alkyl carbamates (subject to hydrolysis) is 1. The molecule has 23 heteroatoms. The summed E-state index contributed by atoms with van der Waals surface area (Å²) in [6.45, 7) is 12.7. The summed E-state index contributed by atoms with van der Waals surface area (Å²) < 4.78 is 91.7. The SMILES string of the molecule is CN(CCSOO[O-])c1ccc2c(-c3cc(P(=O)(OCCCCCC(=O)OC(C)(C)C)OCCCCNC(=O)OC(C)(C)C)ccc3C(=O)N3CCOCC3)c3ccc(=[N+](C)CCS(=O)(=O)[O-])cc-3oc2c1. The quantitative estimate of drug-likeness (QED) is 0.00921. The van der Waals surface area contributed by atoms with Crippen molar-refractivity contribution in [1.29, 1.82) is 0 Å². The van der Waals surface area contributed by atoms with Gasteiger partial charge in [-0.05, 0) is 109 Å². The summed E-state index contributed by atoms with van der Waals surface area (Å²) in [7, 11) is -5.21. The molecule has 1 fully saturated rings. The number of rotatable bonds is 25. The van der Waals surface area contributed by atoms with Crippen LogP contribution < -0.4 is 30.7 Å². The lowest BCUT2D eigenvalue weighted by Crippen LogP contribution is -2.41. The molecule has 3 aliphatic rings. The van der Waals surface area contributed by atoms with Crippen molar-refractivity contribution in [3.8, 4) is 22.5 Å². The number of amides is 2. The number of carbonyl (C=O) groups is 3. The summed E-state index contributed by atoms with van der Waals surface area (Å²) >= 11 is 0.846. The van der Waals surface area contributed by atoms with Crippen LogP contribution in [0, 0.1) is 0 Å². The number of benzene rings is 3. The molecule has 0 saturated carbocycles. The molecule has 2 aromatic rings. The molecule has 0 bridgehead atoms. The van der Waals surface area contributed by atoms with Crippen LogP contribution in [0.3, 0.4) is 0 Å². The minimum absolute atomic E-state index is 0.0133. The van der Waals surface area contributed by atoms with Gasteiger partial charge in [-0.25, -0.2) is 17.8 Å². The van der Waals surface area contributed by atoms with E-state index < -0.39 is 40.8 Å². The average molecular weight is 1060 g/mol. The third kappa shape index (κ3) is 18.1. The molecule has 20 nitrogen and oxygen atoms in total. The van der Waals surface area contributed by atoms with E-state index in [2.05, 4.69) is 14.7 Å². The first-order valence-corrected chi connectivity index (χ1v) is 27.9. The summed E-state index contributed by atoms with van der Waals surface area (Å²) in [5, 5.41) is 17.9. The molecular weight excluding hydrogens is 996 g/mol. The normalized spacial score (nSPS) is 14.8. The first-order valence-electron chi connectivity index (χ1n) is 23.8. The van der Waals surface area contributed by atoms with Crippen LogP contribution in [0.25, 0.3) is 33.4 Å². The number of nitrogens with one attached hydrogen (secondary N) is 1. The zero-order valence-electron chi connectivity index (χ0n) is 42.4.